The number of unbranched alkanes of at least 4 members (excludes halogenated alkanes) is 1. The van der Waals surface area contributed by atoms with Crippen molar-refractivity contribution < 1.29 is 0 Å². The molecular weight excluding hydrogens is 266 g/mol. The summed E-state index contributed by atoms with van der Waals surface area (Å²) in [7, 11) is 0. The SMILES string of the molecule is CCC(C)C[CH]CCC(C)(CC)Cc1cc2ccccc2[nH]1. The van der Waals surface area contributed by atoms with E-state index in [2.05, 4.69) is 69.4 Å². The monoisotopic (exact) mass is 298 g/mol. The van der Waals surface area contributed by atoms with Crippen molar-refractivity contribution in [3.8, 4) is 0 Å². The summed E-state index contributed by atoms with van der Waals surface area (Å²) in [5, 5.41) is 1.33. The van der Waals surface area contributed by atoms with Crippen molar-refractivity contribution in [2.45, 2.75) is 66.2 Å². The zero-order valence-electron chi connectivity index (χ0n) is 14.8. The van der Waals surface area contributed by atoms with Gasteiger partial charge in [-0.2, -0.15) is 0 Å². The van der Waals surface area contributed by atoms with Crippen molar-refractivity contribution in [3.63, 3.8) is 0 Å². The summed E-state index contributed by atoms with van der Waals surface area (Å²) in [6, 6.07) is 10.9. The highest BCUT2D eigenvalue weighted by Gasteiger charge is 2.23. The average molecular weight is 298 g/mol. The Hall–Kier alpha value is -1.24. The van der Waals surface area contributed by atoms with Gasteiger partial charge in [0, 0.05) is 11.2 Å². The highest BCUT2D eigenvalue weighted by atomic mass is 14.7. The van der Waals surface area contributed by atoms with Crippen molar-refractivity contribution >= 4 is 10.9 Å². The Morgan fingerprint density at radius 2 is 2.00 bits per heavy atom. The molecule has 0 amide bonds. The molecule has 0 spiro atoms. The molecule has 1 radical (unpaired) electrons. The van der Waals surface area contributed by atoms with Gasteiger partial charge in [-0.1, -0.05) is 58.7 Å². The van der Waals surface area contributed by atoms with Crippen LogP contribution in [0.2, 0.25) is 0 Å². The molecule has 1 heteroatoms. The molecule has 22 heavy (non-hydrogen) atoms. The molecule has 1 heterocycles. The third kappa shape index (κ3) is 4.63. The summed E-state index contributed by atoms with van der Waals surface area (Å²) in [4.78, 5) is 3.59. The van der Waals surface area contributed by atoms with Gasteiger partial charge in [0.15, 0.2) is 0 Å². The normalized spacial score (nSPS) is 15.8. The zero-order valence-corrected chi connectivity index (χ0v) is 14.8. The third-order valence-corrected chi connectivity index (χ3v) is 5.27. The fraction of sp³-hybridized carbons (Fsp3) is 0.571. The number of aromatic nitrogens is 1. The molecule has 2 unspecified atom stereocenters. The molecule has 0 fully saturated rings. The second kappa shape index (κ2) is 7.85. The molecule has 0 saturated heterocycles. The van der Waals surface area contributed by atoms with Crippen LogP contribution >= 0.6 is 0 Å². The molecule has 121 valence electrons. The van der Waals surface area contributed by atoms with Crippen LogP contribution in [0.15, 0.2) is 30.3 Å². The number of hydrogen-bond donors (Lipinski definition) is 1. The minimum Gasteiger partial charge on any atom is -0.358 e. The van der Waals surface area contributed by atoms with E-state index in [0.29, 0.717) is 5.41 Å². The molecule has 0 saturated carbocycles. The minimum absolute atomic E-state index is 0.396. The molecule has 1 nitrogen and oxygen atoms in total. The first kappa shape index (κ1) is 17.1. The van der Waals surface area contributed by atoms with Crippen LogP contribution in [0.3, 0.4) is 0 Å². The molecule has 1 N–H and O–H groups in total. The molecular formula is C21H32N. The number of rotatable bonds is 9. The topological polar surface area (TPSA) is 15.8 Å². The van der Waals surface area contributed by atoms with Crippen molar-refractivity contribution in [1.82, 2.24) is 4.98 Å². The van der Waals surface area contributed by atoms with Gasteiger partial charge in [0.1, 0.15) is 0 Å². The van der Waals surface area contributed by atoms with Gasteiger partial charge in [-0.15, -0.1) is 0 Å². The number of para-hydroxylation sites is 1. The van der Waals surface area contributed by atoms with Crippen LogP contribution in [-0.4, -0.2) is 4.98 Å². The van der Waals surface area contributed by atoms with E-state index < -0.39 is 0 Å². The van der Waals surface area contributed by atoms with Gasteiger partial charge >= 0.3 is 0 Å². The van der Waals surface area contributed by atoms with Gasteiger partial charge < -0.3 is 4.98 Å². The molecule has 1 aromatic heterocycles. The van der Waals surface area contributed by atoms with Crippen molar-refractivity contribution in [2.75, 3.05) is 0 Å². The van der Waals surface area contributed by atoms with E-state index in [0.717, 1.165) is 12.3 Å². The Bertz CT molecular complexity index is 535. The quantitative estimate of drug-likeness (QED) is 0.505. The first-order valence-corrected chi connectivity index (χ1v) is 8.94. The molecule has 2 rings (SSSR count). The van der Waals surface area contributed by atoms with Crippen LogP contribution in [0.4, 0.5) is 0 Å². The van der Waals surface area contributed by atoms with Crippen LogP contribution in [0.25, 0.3) is 10.9 Å². The second-order valence-corrected chi connectivity index (χ2v) is 7.30. The first-order valence-electron chi connectivity index (χ1n) is 8.94. The maximum atomic E-state index is 3.59. The molecule has 2 atom stereocenters. The number of H-pyrrole nitrogens is 1. The standard InChI is InChI=1S/C21H32N/c1-5-17(3)11-9-10-14-21(4,6-2)16-19-15-18-12-7-8-13-20(18)22-19/h7-9,12-13,15,17,22H,5-6,10-11,14,16H2,1-4H3. The molecule has 0 aliphatic carbocycles. The highest BCUT2D eigenvalue weighted by Crippen LogP contribution is 2.33. The lowest BCUT2D eigenvalue weighted by molar-refractivity contribution is 0.277. The van der Waals surface area contributed by atoms with E-state index in [-0.39, 0.29) is 0 Å². The Morgan fingerprint density at radius 3 is 2.68 bits per heavy atom. The van der Waals surface area contributed by atoms with Crippen LogP contribution in [0.1, 0.15) is 65.5 Å². The van der Waals surface area contributed by atoms with Crippen LogP contribution in [-0.2, 0) is 6.42 Å². The van der Waals surface area contributed by atoms with E-state index in [9.17, 15) is 0 Å². The van der Waals surface area contributed by atoms with Gasteiger partial charge in [0.05, 0.1) is 0 Å². The van der Waals surface area contributed by atoms with Gasteiger partial charge in [-0.05, 0) is 61.0 Å². The Balaban J connectivity index is 1.91. The van der Waals surface area contributed by atoms with E-state index >= 15 is 0 Å². The average Bonchev–Trinajstić information content (AvgIpc) is 2.93. The number of benzene rings is 1. The van der Waals surface area contributed by atoms with Gasteiger partial charge in [-0.3, -0.25) is 0 Å². The lowest BCUT2D eigenvalue weighted by atomic mass is 9.78. The molecule has 0 aliphatic heterocycles. The van der Waals surface area contributed by atoms with E-state index in [1.165, 1.54) is 48.7 Å². The lowest BCUT2D eigenvalue weighted by Crippen LogP contribution is -2.19. The lowest BCUT2D eigenvalue weighted by Gasteiger charge is -2.28. The first-order chi connectivity index (χ1) is 10.6. The fourth-order valence-corrected chi connectivity index (χ4v) is 3.10. The van der Waals surface area contributed by atoms with Crippen LogP contribution < -0.4 is 0 Å². The number of hydrogen-bond acceptors (Lipinski definition) is 0. The summed E-state index contributed by atoms with van der Waals surface area (Å²) in [5.74, 6) is 0.835. The molecule has 0 bridgehead atoms. The second-order valence-electron chi connectivity index (χ2n) is 7.30. The Morgan fingerprint density at radius 1 is 1.23 bits per heavy atom. The summed E-state index contributed by atoms with van der Waals surface area (Å²) in [6.45, 7) is 9.40. The zero-order chi connectivity index (χ0) is 16.0. The number of nitrogens with one attached hydrogen (secondary N) is 1. The van der Waals surface area contributed by atoms with Crippen molar-refractivity contribution in [3.05, 3.63) is 42.4 Å². The van der Waals surface area contributed by atoms with E-state index in [1.54, 1.807) is 0 Å². The van der Waals surface area contributed by atoms with Gasteiger partial charge in [0.2, 0.25) is 0 Å². The maximum Gasteiger partial charge on any atom is 0.0456 e. The molecule has 1 aromatic carbocycles. The predicted molar refractivity (Wildman–Crippen MR) is 98.0 cm³/mol. The van der Waals surface area contributed by atoms with Crippen molar-refractivity contribution in [1.29, 1.82) is 0 Å². The molecule has 0 aliphatic rings. The summed E-state index contributed by atoms with van der Waals surface area (Å²) in [6.07, 6.45) is 9.98. The summed E-state index contributed by atoms with van der Waals surface area (Å²) in [5.41, 5.74) is 3.04. The highest BCUT2D eigenvalue weighted by molar-refractivity contribution is 5.80. The van der Waals surface area contributed by atoms with Crippen LogP contribution in [0.5, 0.6) is 0 Å². The van der Waals surface area contributed by atoms with E-state index in [4.69, 9.17) is 0 Å². The van der Waals surface area contributed by atoms with Crippen molar-refractivity contribution in [2.24, 2.45) is 11.3 Å². The van der Waals surface area contributed by atoms with Crippen LogP contribution in [0, 0.1) is 17.8 Å². The Labute approximate surface area is 136 Å². The van der Waals surface area contributed by atoms with Gasteiger partial charge in [-0.25, -0.2) is 0 Å². The Kier molecular flexibility index (Phi) is 6.11. The smallest absolute Gasteiger partial charge is 0.0456 e. The van der Waals surface area contributed by atoms with Gasteiger partial charge in [0.25, 0.3) is 0 Å². The summed E-state index contributed by atoms with van der Waals surface area (Å²) < 4.78 is 0. The predicted octanol–water partition coefficient (Wildman–Crippen LogP) is 6.55. The van der Waals surface area contributed by atoms with E-state index in [1.807, 2.05) is 0 Å². The number of aromatic amines is 1. The minimum atomic E-state index is 0.396. The third-order valence-electron chi connectivity index (χ3n) is 5.27. The number of fused-ring (bicyclic) bond motifs is 1. The molecule has 2 aromatic rings. The fourth-order valence-electron chi connectivity index (χ4n) is 3.10. The summed E-state index contributed by atoms with van der Waals surface area (Å²) >= 11 is 0. The maximum absolute atomic E-state index is 3.59. The largest absolute Gasteiger partial charge is 0.358 e.